The van der Waals surface area contributed by atoms with E-state index in [0.717, 1.165) is 5.56 Å². The number of allylic oxidation sites excluding steroid dienone is 1. The second-order valence-corrected chi connectivity index (χ2v) is 5.74. The highest BCUT2D eigenvalue weighted by Gasteiger charge is 2.12. The molecule has 0 radical (unpaired) electrons. The predicted molar refractivity (Wildman–Crippen MR) is 94.2 cm³/mol. The highest BCUT2D eigenvalue weighted by atomic mass is 16.5. The normalized spacial score (nSPS) is 13.7. The molecule has 0 spiro atoms. The Balaban J connectivity index is 2.50. The lowest BCUT2D eigenvalue weighted by Gasteiger charge is -2.14. The van der Waals surface area contributed by atoms with Gasteiger partial charge in [-0.05, 0) is 36.5 Å². The molecule has 0 aliphatic heterocycles. The number of aliphatic hydroxyl groups excluding tert-OH is 1. The average molecular weight is 332 g/mol. The van der Waals surface area contributed by atoms with Crippen LogP contribution in [0.3, 0.4) is 0 Å². The van der Waals surface area contributed by atoms with Crippen molar-refractivity contribution >= 4 is 11.7 Å². The predicted octanol–water partition coefficient (Wildman–Crippen LogP) is 3.48. The Morgan fingerprint density at radius 3 is 2.62 bits per heavy atom. The van der Waals surface area contributed by atoms with Crippen LogP contribution in [0, 0.1) is 10.8 Å². The van der Waals surface area contributed by atoms with Gasteiger partial charge in [0.2, 0.25) is 0 Å². The van der Waals surface area contributed by atoms with E-state index in [0.29, 0.717) is 17.7 Å². The van der Waals surface area contributed by atoms with Gasteiger partial charge in [-0.15, -0.1) is 0 Å². The van der Waals surface area contributed by atoms with E-state index in [2.05, 4.69) is 17.1 Å². The van der Waals surface area contributed by atoms with E-state index in [4.69, 9.17) is 4.74 Å². The summed E-state index contributed by atoms with van der Waals surface area (Å²) in [5.41, 5.74) is 1.81. The molecule has 0 saturated heterocycles. The van der Waals surface area contributed by atoms with Gasteiger partial charge in [-0.25, -0.2) is 4.79 Å². The number of nitrogens with zero attached hydrogens (tertiary/aromatic N) is 1. The summed E-state index contributed by atoms with van der Waals surface area (Å²) in [5, 5.41) is 14.9. The Morgan fingerprint density at radius 2 is 2.04 bits per heavy atom. The summed E-state index contributed by atoms with van der Waals surface area (Å²) in [5.74, 6) is 0.0320. The molecule has 0 heterocycles. The number of aliphatic hydroxyl groups is 1. The van der Waals surface area contributed by atoms with Gasteiger partial charge in [-0.3, -0.25) is 5.32 Å². The Bertz CT molecular complexity index is 584. The fraction of sp³-hybridized carbons (Fsp3) is 0.389. The van der Waals surface area contributed by atoms with E-state index < -0.39 is 6.09 Å². The van der Waals surface area contributed by atoms with E-state index in [9.17, 15) is 14.8 Å². The van der Waals surface area contributed by atoms with Gasteiger partial charge in [0.25, 0.3) is 0 Å². The zero-order valence-corrected chi connectivity index (χ0v) is 14.1. The summed E-state index contributed by atoms with van der Waals surface area (Å²) < 4.78 is 5.09. The van der Waals surface area contributed by atoms with E-state index in [-0.39, 0.29) is 25.2 Å². The number of carbonyl (C=O) groups is 1. The standard InChI is InChI=1S/C18H24N2O4/c1-13(9-15(3)20-23)12-24-18(22)19-14(2)10-17(11-21)16-7-5-4-6-8-16/h4-8,10,13,15,21H,2,9,11-12H2,1,3H3,(H,19,22)/b17-10+/t13?,15-/m0/s1. The molecule has 0 aliphatic carbocycles. The molecule has 1 aromatic carbocycles. The van der Waals surface area contributed by atoms with Crippen molar-refractivity contribution < 1.29 is 14.6 Å². The first-order valence-corrected chi connectivity index (χ1v) is 7.78. The smallest absolute Gasteiger partial charge is 0.411 e. The molecule has 0 bridgehead atoms. The topological polar surface area (TPSA) is 88.0 Å². The van der Waals surface area contributed by atoms with Crippen molar-refractivity contribution in [3.8, 4) is 0 Å². The van der Waals surface area contributed by atoms with E-state index >= 15 is 0 Å². The third-order valence-electron chi connectivity index (χ3n) is 3.35. The second kappa shape index (κ2) is 10.3. The second-order valence-electron chi connectivity index (χ2n) is 5.74. The summed E-state index contributed by atoms with van der Waals surface area (Å²) in [6.45, 7) is 7.35. The van der Waals surface area contributed by atoms with Crippen LogP contribution in [-0.2, 0) is 4.74 Å². The van der Waals surface area contributed by atoms with E-state index in [1.54, 1.807) is 13.0 Å². The highest BCUT2D eigenvalue weighted by Crippen LogP contribution is 2.14. The number of carbonyl (C=O) groups excluding carboxylic acids is 1. The van der Waals surface area contributed by atoms with Gasteiger partial charge in [0.05, 0.1) is 19.3 Å². The molecular weight excluding hydrogens is 308 g/mol. The van der Waals surface area contributed by atoms with Gasteiger partial charge in [-0.2, -0.15) is 4.91 Å². The zero-order valence-electron chi connectivity index (χ0n) is 14.1. The Labute approximate surface area is 142 Å². The summed E-state index contributed by atoms with van der Waals surface area (Å²) >= 11 is 0. The lowest BCUT2D eigenvalue weighted by atomic mass is 10.0. The van der Waals surface area contributed by atoms with Gasteiger partial charge in [0.1, 0.15) is 0 Å². The van der Waals surface area contributed by atoms with Crippen molar-refractivity contribution in [3.05, 3.63) is 59.2 Å². The van der Waals surface area contributed by atoms with E-state index in [1.165, 1.54) is 0 Å². The lowest BCUT2D eigenvalue weighted by Crippen LogP contribution is -2.25. The molecule has 1 aromatic rings. The van der Waals surface area contributed by atoms with Crippen molar-refractivity contribution in [1.82, 2.24) is 5.32 Å². The van der Waals surface area contributed by atoms with Crippen LogP contribution in [0.15, 0.2) is 53.9 Å². The van der Waals surface area contributed by atoms with Crippen molar-refractivity contribution in [3.63, 3.8) is 0 Å². The third kappa shape index (κ3) is 7.19. The Morgan fingerprint density at radius 1 is 1.38 bits per heavy atom. The van der Waals surface area contributed by atoms with Crippen LogP contribution < -0.4 is 5.32 Å². The number of ether oxygens (including phenoxy) is 1. The number of nitroso groups, excluding NO2 is 1. The first-order valence-electron chi connectivity index (χ1n) is 7.78. The minimum atomic E-state index is -0.625. The molecule has 1 amide bonds. The first-order chi connectivity index (χ1) is 11.5. The summed E-state index contributed by atoms with van der Waals surface area (Å²) in [6.07, 6.45) is 1.53. The van der Waals surface area contributed by atoms with Gasteiger partial charge in [-0.1, -0.05) is 49.0 Å². The van der Waals surface area contributed by atoms with Crippen LogP contribution in [-0.4, -0.2) is 30.5 Å². The number of hydrogen-bond donors (Lipinski definition) is 2. The number of nitrogens with one attached hydrogen (secondary N) is 1. The van der Waals surface area contributed by atoms with Crippen LogP contribution in [0.5, 0.6) is 0 Å². The fourth-order valence-electron chi connectivity index (χ4n) is 2.20. The van der Waals surface area contributed by atoms with Crippen molar-refractivity contribution in [2.75, 3.05) is 13.2 Å². The van der Waals surface area contributed by atoms with Crippen molar-refractivity contribution in [2.45, 2.75) is 26.3 Å². The largest absolute Gasteiger partial charge is 0.449 e. The highest BCUT2D eigenvalue weighted by molar-refractivity contribution is 5.73. The maximum atomic E-state index is 11.7. The summed E-state index contributed by atoms with van der Waals surface area (Å²) in [7, 11) is 0. The molecular formula is C18H24N2O4. The third-order valence-corrected chi connectivity index (χ3v) is 3.35. The maximum absolute atomic E-state index is 11.7. The number of amides is 1. The zero-order chi connectivity index (χ0) is 17.9. The van der Waals surface area contributed by atoms with Crippen molar-refractivity contribution in [2.24, 2.45) is 11.1 Å². The molecule has 1 rings (SSSR count). The Kier molecular flexibility index (Phi) is 8.43. The molecule has 0 saturated carbocycles. The van der Waals surface area contributed by atoms with Gasteiger partial charge in [0.15, 0.2) is 0 Å². The molecule has 1 unspecified atom stereocenters. The minimum absolute atomic E-state index is 0.0320. The summed E-state index contributed by atoms with van der Waals surface area (Å²) in [4.78, 5) is 22.1. The van der Waals surface area contributed by atoms with Gasteiger partial charge >= 0.3 is 6.09 Å². The quantitative estimate of drug-likeness (QED) is 0.535. The van der Waals surface area contributed by atoms with Crippen LogP contribution >= 0.6 is 0 Å². The van der Waals surface area contributed by atoms with Crippen LogP contribution in [0.2, 0.25) is 0 Å². The number of rotatable bonds is 9. The van der Waals surface area contributed by atoms with Crippen molar-refractivity contribution in [1.29, 1.82) is 0 Å². The first kappa shape index (κ1) is 19.6. The monoisotopic (exact) mass is 332 g/mol. The number of benzene rings is 1. The number of alkyl carbamates (subject to hydrolysis) is 1. The summed E-state index contributed by atoms with van der Waals surface area (Å²) in [6, 6.07) is 9.02. The minimum Gasteiger partial charge on any atom is -0.449 e. The van der Waals surface area contributed by atoms with Crippen LogP contribution in [0.25, 0.3) is 5.57 Å². The molecule has 2 atom stereocenters. The van der Waals surface area contributed by atoms with Crippen LogP contribution in [0.1, 0.15) is 25.8 Å². The average Bonchev–Trinajstić information content (AvgIpc) is 2.58. The number of hydrogen-bond acceptors (Lipinski definition) is 5. The van der Waals surface area contributed by atoms with Gasteiger partial charge < -0.3 is 9.84 Å². The molecule has 0 aliphatic rings. The molecule has 130 valence electrons. The maximum Gasteiger partial charge on any atom is 0.411 e. The molecule has 24 heavy (non-hydrogen) atoms. The molecule has 6 nitrogen and oxygen atoms in total. The van der Waals surface area contributed by atoms with E-state index in [1.807, 2.05) is 37.3 Å². The SMILES string of the molecule is C=C(/C=C(\CO)c1ccccc1)NC(=O)OCC(C)C[C@H](C)N=O. The van der Waals surface area contributed by atoms with Gasteiger partial charge in [0, 0.05) is 5.70 Å². The molecule has 2 N–H and O–H groups in total. The molecule has 6 heteroatoms. The molecule has 0 aromatic heterocycles. The van der Waals surface area contributed by atoms with Crippen LogP contribution in [0.4, 0.5) is 4.79 Å². The fourth-order valence-corrected chi connectivity index (χ4v) is 2.20. The Hall–Kier alpha value is -2.47. The lowest BCUT2D eigenvalue weighted by molar-refractivity contribution is 0.129. The molecule has 0 fully saturated rings.